The van der Waals surface area contributed by atoms with E-state index in [0.29, 0.717) is 41.9 Å². The molecule has 2 aromatic carbocycles. The first-order valence-corrected chi connectivity index (χ1v) is 10.1. The summed E-state index contributed by atoms with van der Waals surface area (Å²) in [4.78, 5) is 19.6. The van der Waals surface area contributed by atoms with E-state index < -0.39 is 0 Å². The highest BCUT2D eigenvalue weighted by Gasteiger charge is 2.30. The van der Waals surface area contributed by atoms with Crippen molar-refractivity contribution in [1.29, 1.82) is 0 Å². The van der Waals surface area contributed by atoms with Crippen molar-refractivity contribution in [2.45, 2.75) is 18.8 Å². The van der Waals surface area contributed by atoms with E-state index in [-0.39, 0.29) is 11.8 Å². The van der Waals surface area contributed by atoms with Crippen LogP contribution in [0.3, 0.4) is 0 Å². The summed E-state index contributed by atoms with van der Waals surface area (Å²) in [5, 5.41) is 4.13. The molecule has 1 aliphatic heterocycles. The van der Waals surface area contributed by atoms with Crippen molar-refractivity contribution in [1.82, 2.24) is 15.0 Å². The molecule has 0 N–H and O–H groups in total. The second-order valence-corrected chi connectivity index (χ2v) is 7.34. The highest BCUT2D eigenvalue weighted by atomic mass is 16.5. The van der Waals surface area contributed by atoms with Crippen molar-refractivity contribution < 1.29 is 23.5 Å². The van der Waals surface area contributed by atoms with Gasteiger partial charge in [-0.3, -0.25) is 4.79 Å². The molecule has 162 valence electrons. The standard InChI is InChI=1S/C23H25N3O5/c1-28-17-8-4-6-15(12-17)21-24-22(31-25-21)16-7-5-11-26(14-16)23(27)19-10-9-18(29-2)13-20(19)30-3/h4,6,8-10,12-13,16H,5,7,11,14H2,1-3H3/t16-/m0/s1. The number of hydrogen-bond acceptors (Lipinski definition) is 7. The third kappa shape index (κ3) is 4.33. The number of carbonyl (C=O) groups excluding carboxylic acids is 1. The molecule has 1 fully saturated rings. The van der Waals surface area contributed by atoms with E-state index in [1.54, 1.807) is 39.5 Å². The lowest BCUT2D eigenvalue weighted by atomic mass is 9.97. The number of ether oxygens (including phenoxy) is 3. The molecule has 0 radical (unpaired) electrons. The van der Waals surface area contributed by atoms with Crippen molar-refractivity contribution in [3.05, 3.63) is 53.9 Å². The van der Waals surface area contributed by atoms with Crippen LogP contribution in [0.2, 0.25) is 0 Å². The molecule has 0 saturated carbocycles. The van der Waals surface area contributed by atoms with Crippen LogP contribution in [-0.4, -0.2) is 55.4 Å². The number of amides is 1. The Hall–Kier alpha value is -3.55. The molecule has 31 heavy (non-hydrogen) atoms. The van der Waals surface area contributed by atoms with Gasteiger partial charge in [-0.05, 0) is 37.1 Å². The van der Waals surface area contributed by atoms with Crippen LogP contribution < -0.4 is 14.2 Å². The van der Waals surface area contributed by atoms with Crippen molar-refractivity contribution in [2.75, 3.05) is 34.4 Å². The number of likely N-dealkylation sites (tertiary alicyclic amines) is 1. The Bertz CT molecular complexity index is 1060. The molecule has 1 saturated heterocycles. The Morgan fingerprint density at radius 3 is 2.65 bits per heavy atom. The molecular weight excluding hydrogens is 398 g/mol. The number of methoxy groups -OCH3 is 3. The number of carbonyl (C=O) groups is 1. The largest absolute Gasteiger partial charge is 0.497 e. The Labute approximate surface area is 180 Å². The first-order chi connectivity index (χ1) is 15.1. The normalized spacial score (nSPS) is 16.1. The summed E-state index contributed by atoms with van der Waals surface area (Å²) in [6, 6.07) is 12.7. The monoisotopic (exact) mass is 423 g/mol. The summed E-state index contributed by atoms with van der Waals surface area (Å²) in [5.74, 6) is 2.80. The average Bonchev–Trinajstić information content (AvgIpc) is 3.34. The third-order valence-electron chi connectivity index (χ3n) is 5.47. The smallest absolute Gasteiger partial charge is 0.257 e. The molecule has 1 atom stereocenters. The van der Waals surface area contributed by atoms with Crippen LogP contribution in [0.5, 0.6) is 17.2 Å². The molecular formula is C23H25N3O5. The lowest BCUT2D eigenvalue weighted by Crippen LogP contribution is -2.39. The zero-order chi connectivity index (χ0) is 21.8. The molecule has 2 heterocycles. The molecule has 3 aromatic rings. The van der Waals surface area contributed by atoms with Crippen molar-refractivity contribution in [3.63, 3.8) is 0 Å². The maximum atomic E-state index is 13.2. The van der Waals surface area contributed by atoms with Gasteiger partial charge in [-0.1, -0.05) is 17.3 Å². The summed E-state index contributed by atoms with van der Waals surface area (Å²) >= 11 is 0. The van der Waals surface area contributed by atoms with Crippen LogP contribution in [0.15, 0.2) is 47.0 Å². The minimum atomic E-state index is -0.0864. The summed E-state index contributed by atoms with van der Waals surface area (Å²) in [6.07, 6.45) is 1.73. The van der Waals surface area contributed by atoms with Crippen LogP contribution in [0.25, 0.3) is 11.4 Å². The first-order valence-electron chi connectivity index (χ1n) is 10.1. The fourth-order valence-electron chi connectivity index (χ4n) is 3.79. The minimum Gasteiger partial charge on any atom is -0.497 e. The molecule has 0 unspecified atom stereocenters. The molecule has 8 nitrogen and oxygen atoms in total. The predicted octanol–water partition coefficient (Wildman–Crippen LogP) is 3.78. The van der Waals surface area contributed by atoms with E-state index in [1.165, 1.54) is 0 Å². The van der Waals surface area contributed by atoms with Gasteiger partial charge < -0.3 is 23.6 Å². The van der Waals surface area contributed by atoms with Gasteiger partial charge in [0, 0.05) is 24.7 Å². The SMILES string of the molecule is COc1cccc(-c2noc([C@H]3CCCN(C(=O)c4ccc(OC)cc4OC)C3)n2)c1. The Morgan fingerprint density at radius 1 is 1.06 bits per heavy atom. The molecule has 8 heteroatoms. The topological polar surface area (TPSA) is 86.9 Å². The van der Waals surface area contributed by atoms with Crippen LogP contribution in [-0.2, 0) is 0 Å². The van der Waals surface area contributed by atoms with Crippen LogP contribution in [0, 0.1) is 0 Å². The van der Waals surface area contributed by atoms with E-state index >= 15 is 0 Å². The Kier molecular flexibility index (Phi) is 6.06. The zero-order valence-corrected chi connectivity index (χ0v) is 17.8. The predicted molar refractivity (Wildman–Crippen MR) is 114 cm³/mol. The fraction of sp³-hybridized carbons (Fsp3) is 0.348. The Balaban J connectivity index is 1.51. The summed E-state index contributed by atoms with van der Waals surface area (Å²) in [7, 11) is 4.74. The molecule has 0 bridgehead atoms. The van der Waals surface area contributed by atoms with Crippen LogP contribution >= 0.6 is 0 Å². The van der Waals surface area contributed by atoms with E-state index in [4.69, 9.17) is 18.7 Å². The van der Waals surface area contributed by atoms with Crippen molar-refractivity contribution in [3.8, 4) is 28.6 Å². The number of piperidine rings is 1. The summed E-state index contributed by atoms with van der Waals surface area (Å²) in [6.45, 7) is 1.18. The second kappa shape index (κ2) is 9.07. The van der Waals surface area contributed by atoms with Gasteiger partial charge in [-0.15, -0.1) is 0 Å². The summed E-state index contributed by atoms with van der Waals surface area (Å²) < 4.78 is 21.5. The molecule has 1 aliphatic rings. The van der Waals surface area contributed by atoms with E-state index in [9.17, 15) is 4.79 Å². The van der Waals surface area contributed by atoms with Gasteiger partial charge in [0.05, 0.1) is 32.8 Å². The highest BCUT2D eigenvalue weighted by Crippen LogP contribution is 2.31. The number of aromatic nitrogens is 2. The second-order valence-electron chi connectivity index (χ2n) is 7.34. The van der Waals surface area contributed by atoms with Crippen molar-refractivity contribution in [2.24, 2.45) is 0 Å². The number of rotatable bonds is 6. The van der Waals surface area contributed by atoms with Gasteiger partial charge in [0.1, 0.15) is 17.2 Å². The van der Waals surface area contributed by atoms with Gasteiger partial charge in [0.25, 0.3) is 5.91 Å². The summed E-state index contributed by atoms with van der Waals surface area (Å²) in [5.41, 5.74) is 1.33. The van der Waals surface area contributed by atoms with Gasteiger partial charge in [-0.25, -0.2) is 0 Å². The molecule has 1 amide bonds. The van der Waals surface area contributed by atoms with E-state index in [2.05, 4.69) is 10.1 Å². The molecule has 4 rings (SSSR count). The van der Waals surface area contributed by atoms with Gasteiger partial charge in [0.2, 0.25) is 11.7 Å². The first kappa shape index (κ1) is 20.7. The van der Waals surface area contributed by atoms with Crippen LogP contribution in [0.4, 0.5) is 0 Å². The number of nitrogens with zero attached hydrogens (tertiary/aromatic N) is 3. The van der Waals surface area contributed by atoms with Gasteiger partial charge in [-0.2, -0.15) is 4.98 Å². The Morgan fingerprint density at radius 2 is 1.87 bits per heavy atom. The van der Waals surface area contributed by atoms with Crippen LogP contribution in [0.1, 0.15) is 35.0 Å². The van der Waals surface area contributed by atoms with Gasteiger partial charge >= 0.3 is 0 Å². The van der Waals surface area contributed by atoms with Crippen molar-refractivity contribution >= 4 is 5.91 Å². The quantitative estimate of drug-likeness (QED) is 0.596. The fourth-order valence-corrected chi connectivity index (χ4v) is 3.79. The average molecular weight is 423 g/mol. The van der Waals surface area contributed by atoms with Gasteiger partial charge in [0.15, 0.2) is 0 Å². The maximum absolute atomic E-state index is 13.2. The minimum absolute atomic E-state index is 0.0196. The lowest BCUT2D eigenvalue weighted by molar-refractivity contribution is 0.0692. The lowest BCUT2D eigenvalue weighted by Gasteiger charge is -2.31. The van der Waals surface area contributed by atoms with E-state index in [1.807, 2.05) is 29.2 Å². The number of hydrogen-bond donors (Lipinski definition) is 0. The maximum Gasteiger partial charge on any atom is 0.257 e. The molecule has 1 aromatic heterocycles. The highest BCUT2D eigenvalue weighted by molar-refractivity contribution is 5.97. The zero-order valence-electron chi connectivity index (χ0n) is 17.8. The molecule has 0 spiro atoms. The van der Waals surface area contributed by atoms with E-state index in [0.717, 1.165) is 24.2 Å². The number of benzene rings is 2. The third-order valence-corrected chi connectivity index (χ3v) is 5.47. The molecule has 0 aliphatic carbocycles.